The number of benzene rings is 1. The third-order valence-electron chi connectivity index (χ3n) is 4.24. The van der Waals surface area contributed by atoms with E-state index in [1.807, 2.05) is 19.1 Å². The number of halogens is 2. The van der Waals surface area contributed by atoms with Gasteiger partial charge >= 0.3 is 0 Å². The van der Waals surface area contributed by atoms with E-state index < -0.39 is 11.1 Å². The largest absolute Gasteiger partial charge is 0.492 e. The molecule has 2 saturated heterocycles. The molecule has 0 saturated carbocycles. The van der Waals surface area contributed by atoms with Crippen LogP contribution in [0.5, 0.6) is 5.75 Å². The third kappa shape index (κ3) is 4.78. The van der Waals surface area contributed by atoms with Crippen LogP contribution < -0.4 is 4.74 Å². The van der Waals surface area contributed by atoms with E-state index >= 15 is 0 Å². The first kappa shape index (κ1) is 20.9. The monoisotopic (exact) mass is 612 g/mol. The summed E-state index contributed by atoms with van der Waals surface area (Å²) in [6.45, 7) is 3.61. The first-order valence-corrected chi connectivity index (χ1v) is 11.5. The van der Waals surface area contributed by atoms with Crippen LogP contribution >= 0.6 is 56.9 Å². The minimum atomic E-state index is -0.422. The van der Waals surface area contributed by atoms with Crippen LogP contribution in [0.25, 0.3) is 6.08 Å². The van der Waals surface area contributed by atoms with Gasteiger partial charge < -0.3 is 9.64 Å². The Bertz CT molecular complexity index is 822. The molecule has 27 heavy (non-hydrogen) atoms. The second-order valence-electron chi connectivity index (χ2n) is 6.09. The Labute approximate surface area is 189 Å². The Morgan fingerprint density at radius 1 is 1.26 bits per heavy atom. The maximum absolute atomic E-state index is 12.7. The summed E-state index contributed by atoms with van der Waals surface area (Å²) >= 11 is 5.27. The Kier molecular flexibility index (Phi) is 7.06. The zero-order valence-electron chi connectivity index (χ0n) is 14.7. The van der Waals surface area contributed by atoms with E-state index in [-0.39, 0.29) is 12.5 Å². The topological polar surface area (TPSA) is 66.9 Å². The van der Waals surface area contributed by atoms with Crippen LogP contribution in [-0.4, -0.2) is 53.1 Å². The van der Waals surface area contributed by atoms with Crippen molar-refractivity contribution in [3.63, 3.8) is 0 Å². The standard InChI is InChI=1S/C18H18I2N2O4S/c1-2-26-16-11(7-12(19)9-13(16)20)8-14-17(24)22(18(25)27-14)10-15(23)21-5-3-4-6-21/h7-9H,2-6,10H2,1H3/b14-8+. The van der Waals surface area contributed by atoms with Gasteiger partial charge in [0, 0.05) is 22.2 Å². The molecule has 1 aromatic carbocycles. The number of ether oxygens (including phenoxy) is 1. The van der Waals surface area contributed by atoms with Gasteiger partial charge in [-0.15, -0.1) is 0 Å². The average molecular weight is 612 g/mol. The molecule has 2 aliphatic rings. The van der Waals surface area contributed by atoms with Crippen molar-refractivity contribution < 1.29 is 19.1 Å². The van der Waals surface area contributed by atoms with Gasteiger partial charge in [0.2, 0.25) is 5.91 Å². The zero-order chi connectivity index (χ0) is 19.6. The maximum Gasteiger partial charge on any atom is 0.294 e. The number of carbonyl (C=O) groups excluding carboxylic acids is 3. The molecular formula is C18H18I2N2O4S. The van der Waals surface area contributed by atoms with Gasteiger partial charge in [-0.1, -0.05) is 0 Å². The number of hydrogen-bond donors (Lipinski definition) is 0. The van der Waals surface area contributed by atoms with Crippen LogP contribution in [0.2, 0.25) is 0 Å². The molecule has 3 rings (SSSR count). The highest BCUT2D eigenvalue weighted by molar-refractivity contribution is 14.1. The maximum atomic E-state index is 12.7. The molecule has 0 atom stereocenters. The fourth-order valence-electron chi connectivity index (χ4n) is 2.96. The van der Waals surface area contributed by atoms with E-state index in [1.165, 1.54) is 0 Å². The molecule has 1 aromatic rings. The molecule has 0 radical (unpaired) electrons. The third-order valence-corrected chi connectivity index (χ3v) is 6.57. The van der Waals surface area contributed by atoms with Gasteiger partial charge in [-0.3, -0.25) is 19.3 Å². The highest BCUT2D eigenvalue weighted by Gasteiger charge is 2.37. The summed E-state index contributed by atoms with van der Waals surface area (Å²) in [5, 5.41) is -0.405. The molecule has 2 heterocycles. The lowest BCUT2D eigenvalue weighted by atomic mass is 10.2. The fraction of sp³-hybridized carbons (Fsp3) is 0.389. The molecule has 0 spiro atoms. The van der Waals surface area contributed by atoms with Crippen molar-refractivity contribution in [2.45, 2.75) is 19.8 Å². The van der Waals surface area contributed by atoms with Crippen LogP contribution in [0.15, 0.2) is 17.0 Å². The van der Waals surface area contributed by atoms with Crippen LogP contribution in [0, 0.1) is 7.14 Å². The molecule has 2 fully saturated rings. The SMILES string of the molecule is CCOc1c(I)cc(I)cc1/C=C1/SC(=O)N(CC(=O)N2CCCC2)C1=O. The van der Waals surface area contributed by atoms with Crippen molar-refractivity contribution in [3.8, 4) is 5.75 Å². The number of carbonyl (C=O) groups is 3. The van der Waals surface area contributed by atoms with Crippen molar-refractivity contribution in [1.29, 1.82) is 0 Å². The van der Waals surface area contributed by atoms with Crippen molar-refractivity contribution in [1.82, 2.24) is 9.80 Å². The molecule has 0 aliphatic carbocycles. The van der Waals surface area contributed by atoms with Crippen LogP contribution in [0.3, 0.4) is 0 Å². The fourth-order valence-corrected chi connectivity index (χ4v) is 5.84. The first-order valence-electron chi connectivity index (χ1n) is 8.55. The highest BCUT2D eigenvalue weighted by Crippen LogP contribution is 2.36. The van der Waals surface area contributed by atoms with Gasteiger partial charge in [0.1, 0.15) is 12.3 Å². The minimum Gasteiger partial charge on any atom is -0.492 e. The average Bonchev–Trinajstić information content (AvgIpc) is 3.23. The second-order valence-corrected chi connectivity index (χ2v) is 9.50. The summed E-state index contributed by atoms with van der Waals surface area (Å²) in [6, 6.07) is 3.90. The molecule has 6 nitrogen and oxygen atoms in total. The molecule has 9 heteroatoms. The molecule has 144 valence electrons. The van der Waals surface area contributed by atoms with Gasteiger partial charge in [-0.2, -0.15) is 0 Å². The van der Waals surface area contributed by atoms with E-state index in [1.54, 1.807) is 11.0 Å². The van der Waals surface area contributed by atoms with Crippen LogP contribution in [0.4, 0.5) is 4.79 Å². The summed E-state index contributed by atoms with van der Waals surface area (Å²) in [4.78, 5) is 40.4. The Balaban J connectivity index is 1.83. The number of nitrogens with zero attached hydrogens (tertiary/aromatic N) is 2. The van der Waals surface area contributed by atoms with E-state index in [0.29, 0.717) is 30.4 Å². The van der Waals surface area contributed by atoms with Gasteiger partial charge in [0.25, 0.3) is 11.1 Å². The van der Waals surface area contributed by atoms with Gasteiger partial charge in [0.05, 0.1) is 15.1 Å². The smallest absolute Gasteiger partial charge is 0.294 e. The molecule has 3 amide bonds. The zero-order valence-corrected chi connectivity index (χ0v) is 19.8. The van der Waals surface area contributed by atoms with Crippen LogP contribution in [-0.2, 0) is 9.59 Å². The van der Waals surface area contributed by atoms with Gasteiger partial charge in [-0.05, 0) is 94.9 Å². The molecule has 0 unspecified atom stereocenters. The lowest BCUT2D eigenvalue weighted by molar-refractivity contribution is -0.135. The number of rotatable bonds is 5. The first-order chi connectivity index (χ1) is 12.9. The number of hydrogen-bond acceptors (Lipinski definition) is 5. The molecule has 0 N–H and O–H groups in total. The number of amides is 3. The number of thioether (sulfide) groups is 1. The van der Waals surface area contributed by atoms with E-state index in [4.69, 9.17) is 4.74 Å². The van der Waals surface area contributed by atoms with E-state index in [2.05, 4.69) is 45.2 Å². The van der Waals surface area contributed by atoms with E-state index in [0.717, 1.165) is 42.2 Å². The second kappa shape index (κ2) is 9.12. The normalized spacial score (nSPS) is 18.7. The van der Waals surface area contributed by atoms with Crippen molar-refractivity contribution in [2.24, 2.45) is 0 Å². The molecule has 0 aromatic heterocycles. The van der Waals surface area contributed by atoms with Crippen molar-refractivity contribution >= 4 is 80.1 Å². The summed E-state index contributed by atoms with van der Waals surface area (Å²) in [5.41, 5.74) is 0.754. The summed E-state index contributed by atoms with van der Waals surface area (Å²) in [7, 11) is 0. The Morgan fingerprint density at radius 3 is 2.63 bits per heavy atom. The van der Waals surface area contributed by atoms with Crippen molar-refractivity contribution in [2.75, 3.05) is 26.2 Å². The van der Waals surface area contributed by atoms with Gasteiger partial charge in [0.15, 0.2) is 0 Å². The predicted octanol–water partition coefficient (Wildman–Crippen LogP) is 3.95. The number of likely N-dealkylation sites (tertiary alicyclic amines) is 1. The minimum absolute atomic E-state index is 0.171. The highest BCUT2D eigenvalue weighted by atomic mass is 127. The molecule has 0 bridgehead atoms. The lowest BCUT2D eigenvalue weighted by Crippen LogP contribution is -2.40. The summed E-state index contributed by atoms with van der Waals surface area (Å²) < 4.78 is 7.67. The summed E-state index contributed by atoms with van der Waals surface area (Å²) in [5.74, 6) is 0.0992. The Hall–Kier alpha value is -0.820. The summed E-state index contributed by atoms with van der Waals surface area (Å²) in [6.07, 6.45) is 3.62. The quantitative estimate of drug-likeness (QED) is 0.373. The van der Waals surface area contributed by atoms with Crippen LogP contribution in [0.1, 0.15) is 25.3 Å². The van der Waals surface area contributed by atoms with Crippen molar-refractivity contribution in [3.05, 3.63) is 29.7 Å². The molecule has 2 aliphatic heterocycles. The van der Waals surface area contributed by atoms with Gasteiger partial charge in [-0.25, -0.2) is 0 Å². The Morgan fingerprint density at radius 2 is 1.96 bits per heavy atom. The molecular weight excluding hydrogens is 594 g/mol. The lowest BCUT2D eigenvalue weighted by Gasteiger charge is -2.18. The van der Waals surface area contributed by atoms with E-state index in [9.17, 15) is 14.4 Å². The number of imide groups is 1. The predicted molar refractivity (Wildman–Crippen MR) is 122 cm³/mol.